The summed E-state index contributed by atoms with van der Waals surface area (Å²) >= 11 is 0. The second kappa shape index (κ2) is 8.26. The van der Waals surface area contributed by atoms with Crippen molar-refractivity contribution in [2.45, 2.75) is 72.8 Å². The van der Waals surface area contributed by atoms with Gasteiger partial charge in [0.25, 0.3) is 0 Å². The summed E-state index contributed by atoms with van der Waals surface area (Å²) in [4.78, 5) is 38.1. The van der Waals surface area contributed by atoms with Crippen LogP contribution in [0, 0.1) is 23.7 Å². The van der Waals surface area contributed by atoms with E-state index in [1.165, 1.54) is 0 Å². The van der Waals surface area contributed by atoms with Gasteiger partial charge in [-0.3, -0.25) is 14.4 Å². The number of ketones is 3. The maximum atomic E-state index is 12.9. The molecule has 1 rings (SSSR count). The molecule has 0 fully saturated rings. The van der Waals surface area contributed by atoms with E-state index in [1.54, 1.807) is 13.8 Å². The minimum Gasteiger partial charge on any atom is -0.508 e. The molecule has 0 aliphatic heterocycles. The molecule has 0 aromatic heterocycles. The number of hydrogen-bond acceptors (Lipinski definition) is 5. The first-order valence-electron chi connectivity index (χ1n) is 9.22. The van der Waals surface area contributed by atoms with Crippen LogP contribution in [0.1, 0.15) is 67.2 Å². The van der Waals surface area contributed by atoms with Crippen LogP contribution in [0.5, 0.6) is 0 Å². The Labute approximate surface area is 150 Å². The molecule has 0 amide bonds. The van der Waals surface area contributed by atoms with Crippen molar-refractivity contribution >= 4 is 17.3 Å². The monoisotopic (exact) mass is 352 g/mol. The van der Waals surface area contributed by atoms with Crippen molar-refractivity contribution < 1.29 is 24.6 Å². The van der Waals surface area contributed by atoms with Gasteiger partial charge in [0.05, 0.1) is 5.92 Å². The van der Waals surface area contributed by atoms with E-state index in [1.807, 2.05) is 27.7 Å². The minimum absolute atomic E-state index is 0.00959. The minimum atomic E-state index is -2.14. The molecule has 1 aliphatic carbocycles. The van der Waals surface area contributed by atoms with E-state index in [2.05, 4.69) is 0 Å². The molecule has 142 valence electrons. The molecule has 2 N–H and O–H groups in total. The molecule has 0 bridgehead atoms. The van der Waals surface area contributed by atoms with Crippen LogP contribution in [0.4, 0.5) is 0 Å². The van der Waals surface area contributed by atoms with Crippen molar-refractivity contribution in [1.29, 1.82) is 0 Å². The second-order valence-electron chi connectivity index (χ2n) is 8.29. The van der Waals surface area contributed by atoms with Gasteiger partial charge in [-0.05, 0) is 37.5 Å². The SMILES string of the molecule is CC(C)CC[C@@H]1C(=O)C(C(=O)C(C)C)=C(O)[C@@](O)(CCC(C)C)C1=O. The van der Waals surface area contributed by atoms with Crippen LogP contribution in [0.15, 0.2) is 11.3 Å². The van der Waals surface area contributed by atoms with Crippen LogP contribution in [-0.4, -0.2) is 33.2 Å². The normalized spacial score (nSPS) is 24.8. The van der Waals surface area contributed by atoms with Crippen LogP contribution in [0.25, 0.3) is 0 Å². The molecule has 0 spiro atoms. The Morgan fingerprint density at radius 2 is 1.56 bits per heavy atom. The van der Waals surface area contributed by atoms with E-state index < -0.39 is 40.5 Å². The molecule has 2 atom stereocenters. The highest BCUT2D eigenvalue weighted by atomic mass is 16.3. The molecule has 0 saturated carbocycles. The summed E-state index contributed by atoms with van der Waals surface area (Å²) in [6, 6.07) is 0. The first-order valence-corrected chi connectivity index (χ1v) is 9.22. The first-order chi connectivity index (χ1) is 11.4. The molecule has 0 unspecified atom stereocenters. The van der Waals surface area contributed by atoms with E-state index in [4.69, 9.17) is 0 Å². The lowest BCUT2D eigenvalue weighted by Crippen LogP contribution is -2.53. The summed E-state index contributed by atoms with van der Waals surface area (Å²) in [5, 5.41) is 21.5. The van der Waals surface area contributed by atoms with Crippen molar-refractivity contribution in [3.8, 4) is 0 Å². The Bertz CT molecular complexity index is 571. The highest BCUT2D eigenvalue weighted by molar-refractivity contribution is 6.29. The molecule has 0 saturated heterocycles. The zero-order valence-corrected chi connectivity index (χ0v) is 16.3. The van der Waals surface area contributed by atoms with Crippen molar-refractivity contribution in [1.82, 2.24) is 0 Å². The van der Waals surface area contributed by atoms with Crippen LogP contribution >= 0.6 is 0 Å². The summed E-state index contributed by atoms with van der Waals surface area (Å²) in [5.41, 5.74) is -2.52. The largest absolute Gasteiger partial charge is 0.508 e. The van der Waals surface area contributed by atoms with Gasteiger partial charge in [0.2, 0.25) is 0 Å². The van der Waals surface area contributed by atoms with Gasteiger partial charge in [0.15, 0.2) is 23.0 Å². The zero-order chi connectivity index (χ0) is 19.5. The second-order valence-corrected chi connectivity index (χ2v) is 8.29. The number of rotatable bonds is 8. The highest BCUT2D eigenvalue weighted by Crippen LogP contribution is 2.38. The predicted molar refractivity (Wildman–Crippen MR) is 96.1 cm³/mol. The number of carbonyl (C=O) groups excluding carboxylic acids is 3. The van der Waals surface area contributed by atoms with E-state index in [-0.39, 0.29) is 30.3 Å². The summed E-state index contributed by atoms with van der Waals surface area (Å²) < 4.78 is 0. The van der Waals surface area contributed by atoms with E-state index in [0.717, 1.165) is 0 Å². The molecule has 1 aliphatic rings. The maximum absolute atomic E-state index is 12.9. The fourth-order valence-electron chi connectivity index (χ4n) is 3.05. The number of allylic oxidation sites excluding steroid dienone is 1. The summed E-state index contributed by atoms with van der Waals surface area (Å²) in [6.07, 6.45) is 1.42. The molecular formula is C20H32O5. The van der Waals surface area contributed by atoms with Gasteiger partial charge in [-0.2, -0.15) is 0 Å². The topological polar surface area (TPSA) is 91.7 Å². The Kier molecular flexibility index (Phi) is 7.12. The van der Waals surface area contributed by atoms with Gasteiger partial charge in [-0.1, -0.05) is 41.5 Å². The first kappa shape index (κ1) is 21.6. The number of carbonyl (C=O) groups is 3. The van der Waals surface area contributed by atoms with Gasteiger partial charge < -0.3 is 10.2 Å². The number of aliphatic hydroxyl groups is 2. The van der Waals surface area contributed by atoms with Crippen LogP contribution in [-0.2, 0) is 14.4 Å². The summed E-state index contributed by atoms with van der Waals surface area (Å²) in [6.45, 7) is 11.1. The standard InChI is InChI=1S/C20H32O5/c1-11(2)7-8-14-17(22)15(16(21)13(5)6)19(24)20(25,18(14)23)10-9-12(3)4/h11-14,24-25H,7-10H2,1-6H3/t14-,20-/m1/s1. The lowest BCUT2D eigenvalue weighted by atomic mass is 9.69. The van der Waals surface area contributed by atoms with Crippen LogP contribution in [0.3, 0.4) is 0 Å². The third kappa shape index (κ3) is 4.57. The van der Waals surface area contributed by atoms with Crippen LogP contribution in [0.2, 0.25) is 0 Å². The average Bonchev–Trinajstić information content (AvgIpc) is 2.50. The summed E-state index contributed by atoms with van der Waals surface area (Å²) in [7, 11) is 0. The van der Waals surface area contributed by atoms with Gasteiger partial charge in [-0.15, -0.1) is 0 Å². The highest BCUT2D eigenvalue weighted by Gasteiger charge is 2.53. The smallest absolute Gasteiger partial charge is 0.182 e. The Hall–Kier alpha value is -1.49. The van der Waals surface area contributed by atoms with E-state index in [0.29, 0.717) is 12.8 Å². The quantitative estimate of drug-likeness (QED) is 0.516. The Balaban J connectivity index is 3.39. The average molecular weight is 352 g/mol. The number of hydrogen-bond donors (Lipinski definition) is 2. The maximum Gasteiger partial charge on any atom is 0.182 e. The van der Waals surface area contributed by atoms with Gasteiger partial charge >= 0.3 is 0 Å². The third-order valence-corrected chi connectivity index (χ3v) is 4.80. The van der Waals surface area contributed by atoms with Crippen molar-refractivity contribution in [3.05, 3.63) is 11.3 Å². The Morgan fingerprint density at radius 3 is 2.00 bits per heavy atom. The Morgan fingerprint density at radius 1 is 1.04 bits per heavy atom. The van der Waals surface area contributed by atoms with Crippen LogP contribution < -0.4 is 0 Å². The van der Waals surface area contributed by atoms with E-state index in [9.17, 15) is 24.6 Å². The number of Topliss-reactive ketones (excluding diaryl/α,β-unsaturated/α-hetero) is 3. The predicted octanol–water partition coefficient (Wildman–Crippen LogP) is 3.40. The van der Waals surface area contributed by atoms with Gasteiger partial charge in [-0.25, -0.2) is 0 Å². The molecular weight excluding hydrogens is 320 g/mol. The van der Waals surface area contributed by atoms with Gasteiger partial charge in [0, 0.05) is 5.92 Å². The molecule has 0 radical (unpaired) electrons. The van der Waals surface area contributed by atoms with Gasteiger partial charge in [0.1, 0.15) is 11.3 Å². The lowest BCUT2D eigenvalue weighted by Gasteiger charge is -2.36. The van der Waals surface area contributed by atoms with Crippen molar-refractivity contribution in [3.63, 3.8) is 0 Å². The van der Waals surface area contributed by atoms with E-state index >= 15 is 0 Å². The molecule has 5 nitrogen and oxygen atoms in total. The number of aliphatic hydroxyl groups excluding tert-OH is 1. The zero-order valence-electron chi connectivity index (χ0n) is 16.3. The van der Waals surface area contributed by atoms with Crippen molar-refractivity contribution in [2.24, 2.45) is 23.7 Å². The molecule has 0 aromatic rings. The summed E-state index contributed by atoms with van der Waals surface area (Å²) in [5.74, 6) is -3.65. The lowest BCUT2D eigenvalue weighted by molar-refractivity contribution is -0.149. The molecule has 0 heterocycles. The fraction of sp³-hybridized carbons (Fsp3) is 0.750. The molecule has 5 heteroatoms. The third-order valence-electron chi connectivity index (χ3n) is 4.80. The van der Waals surface area contributed by atoms with Crippen molar-refractivity contribution in [2.75, 3.05) is 0 Å². The molecule has 25 heavy (non-hydrogen) atoms. The molecule has 0 aromatic carbocycles. The fourth-order valence-corrected chi connectivity index (χ4v) is 3.05.